The van der Waals surface area contributed by atoms with Gasteiger partial charge in [-0.3, -0.25) is 4.79 Å². The van der Waals surface area contributed by atoms with Crippen molar-refractivity contribution in [3.8, 4) is 11.3 Å². The number of rotatable bonds is 2. The van der Waals surface area contributed by atoms with Crippen molar-refractivity contribution in [3.63, 3.8) is 0 Å². The summed E-state index contributed by atoms with van der Waals surface area (Å²) in [4.78, 5) is 12.7. The smallest absolute Gasteiger partial charge is 0.190 e. The number of imidazole rings is 1. The lowest BCUT2D eigenvalue weighted by Crippen LogP contribution is -1.91. The number of carbonyl (C=O) groups excluding carboxylic acids is 1. The Labute approximate surface area is 148 Å². The van der Waals surface area contributed by atoms with Crippen molar-refractivity contribution in [1.29, 1.82) is 0 Å². The second kappa shape index (κ2) is 5.69. The Hall–Kier alpha value is -2.24. The van der Waals surface area contributed by atoms with Crippen LogP contribution in [0.4, 0.5) is 0 Å². The monoisotopic (exact) mass is 355 g/mol. The number of nitrogens with zero attached hydrogens (tertiary/aromatic N) is 3. The van der Waals surface area contributed by atoms with Crippen LogP contribution in [0.3, 0.4) is 0 Å². The van der Waals surface area contributed by atoms with Crippen LogP contribution >= 0.6 is 23.4 Å². The molecule has 0 unspecified atom stereocenters. The minimum Gasteiger partial charge on any atom is -0.327 e. The van der Waals surface area contributed by atoms with Gasteiger partial charge in [0.05, 0.1) is 15.9 Å². The molecule has 0 saturated heterocycles. The van der Waals surface area contributed by atoms with Gasteiger partial charge in [-0.2, -0.15) is 5.10 Å². The SMILES string of the molecule is CC(=O)Sc1c(-c2ccc(Cl)cc2)nn2c3ccccc3n(C)c12. The van der Waals surface area contributed by atoms with Crippen LogP contribution in [0.1, 0.15) is 6.92 Å². The third kappa shape index (κ3) is 2.32. The van der Waals surface area contributed by atoms with E-state index in [-0.39, 0.29) is 5.12 Å². The zero-order valence-corrected chi connectivity index (χ0v) is 14.7. The van der Waals surface area contributed by atoms with Crippen molar-refractivity contribution < 1.29 is 4.79 Å². The molecule has 0 atom stereocenters. The molecule has 0 bridgehead atoms. The largest absolute Gasteiger partial charge is 0.327 e. The first kappa shape index (κ1) is 15.3. The van der Waals surface area contributed by atoms with Crippen LogP contribution in [0.5, 0.6) is 0 Å². The fraction of sp³-hybridized carbons (Fsp3) is 0.111. The van der Waals surface area contributed by atoms with Crippen molar-refractivity contribution in [2.75, 3.05) is 0 Å². The topological polar surface area (TPSA) is 39.3 Å². The molecule has 24 heavy (non-hydrogen) atoms. The van der Waals surface area contributed by atoms with Crippen LogP contribution in [0.15, 0.2) is 53.4 Å². The average molecular weight is 356 g/mol. The molecule has 0 saturated carbocycles. The predicted octanol–water partition coefficient (Wildman–Crippen LogP) is 4.79. The van der Waals surface area contributed by atoms with Crippen LogP contribution in [-0.2, 0) is 11.8 Å². The lowest BCUT2D eigenvalue weighted by Gasteiger charge is -2.03. The van der Waals surface area contributed by atoms with E-state index in [1.54, 1.807) is 6.92 Å². The molecule has 0 radical (unpaired) electrons. The molecule has 2 aromatic heterocycles. The van der Waals surface area contributed by atoms with E-state index in [0.29, 0.717) is 5.02 Å². The number of para-hydroxylation sites is 2. The van der Waals surface area contributed by atoms with Gasteiger partial charge in [0, 0.05) is 24.6 Å². The molecule has 0 N–H and O–H groups in total. The number of halogens is 1. The molecule has 120 valence electrons. The molecule has 0 amide bonds. The zero-order valence-electron chi connectivity index (χ0n) is 13.2. The summed E-state index contributed by atoms with van der Waals surface area (Å²) >= 11 is 7.21. The van der Waals surface area contributed by atoms with Crippen molar-refractivity contribution in [2.45, 2.75) is 11.8 Å². The van der Waals surface area contributed by atoms with Crippen LogP contribution in [-0.4, -0.2) is 19.3 Å². The van der Waals surface area contributed by atoms with E-state index in [1.165, 1.54) is 11.8 Å². The highest BCUT2D eigenvalue weighted by Gasteiger charge is 2.21. The van der Waals surface area contributed by atoms with Gasteiger partial charge < -0.3 is 4.57 Å². The van der Waals surface area contributed by atoms with E-state index < -0.39 is 0 Å². The summed E-state index contributed by atoms with van der Waals surface area (Å²) in [5.74, 6) is 0. The first-order valence-electron chi connectivity index (χ1n) is 7.47. The van der Waals surface area contributed by atoms with Crippen LogP contribution in [0.25, 0.3) is 27.9 Å². The average Bonchev–Trinajstić information content (AvgIpc) is 3.06. The van der Waals surface area contributed by atoms with Crippen LogP contribution in [0.2, 0.25) is 5.02 Å². The Morgan fingerprint density at radius 1 is 1.08 bits per heavy atom. The maximum Gasteiger partial charge on any atom is 0.190 e. The first-order chi connectivity index (χ1) is 11.6. The summed E-state index contributed by atoms with van der Waals surface area (Å²) in [6.07, 6.45) is 0. The summed E-state index contributed by atoms with van der Waals surface area (Å²) in [5.41, 5.74) is 4.74. The Balaban J connectivity index is 2.08. The second-order valence-corrected chi connectivity index (χ2v) is 7.19. The minimum absolute atomic E-state index is 0.0327. The van der Waals surface area contributed by atoms with E-state index in [2.05, 4.69) is 4.57 Å². The highest BCUT2D eigenvalue weighted by atomic mass is 35.5. The summed E-state index contributed by atoms with van der Waals surface area (Å²) in [5, 5.41) is 5.50. The number of hydrogen-bond donors (Lipinski definition) is 0. The van der Waals surface area contributed by atoms with Crippen molar-refractivity contribution in [1.82, 2.24) is 14.2 Å². The number of carbonyl (C=O) groups is 1. The quantitative estimate of drug-likeness (QED) is 0.485. The van der Waals surface area contributed by atoms with Gasteiger partial charge in [0.15, 0.2) is 10.8 Å². The summed E-state index contributed by atoms with van der Waals surface area (Å²) < 4.78 is 3.98. The molecule has 4 nitrogen and oxygen atoms in total. The van der Waals surface area contributed by atoms with Gasteiger partial charge in [-0.1, -0.05) is 35.9 Å². The number of hydrogen-bond acceptors (Lipinski definition) is 3. The third-order valence-electron chi connectivity index (χ3n) is 3.97. The lowest BCUT2D eigenvalue weighted by atomic mass is 10.1. The van der Waals surface area contributed by atoms with Gasteiger partial charge >= 0.3 is 0 Å². The Bertz CT molecular complexity index is 1080. The predicted molar refractivity (Wildman–Crippen MR) is 98.7 cm³/mol. The third-order valence-corrected chi connectivity index (χ3v) is 5.09. The molecule has 0 fully saturated rings. The maximum atomic E-state index is 11.8. The molecule has 0 aliphatic carbocycles. The Morgan fingerprint density at radius 2 is 1.75 bits per heavy atom. The molecular formula is C18H14ClN3OS. The van der Waals surface area contributed by atoms with Crippen molar-refractivity contribution in [2.24, 2.45) is 7.05 Å². The first-order valence-corrected chi connectivity index (χ1v) is 8.66. The number of aromatic nitrogens is 3. The van der Waals surface area contributed by atoms with E-state index >= 15 is 0 Å². The number of thioether (sulfide) groups is 1. The molecule has 0 spiro atoms. The Kier molecular flexibility index (Phi) is 3.62. The van der Waals surface area contributed by atoms with Gasteiger partial charge in [-0.15, -0.1) is 0 Å². The van der Waals surface area contributed by atoms with Gasteiger partial charge in [-0.05, 0) is 36.0 Å². The fourth-order valence-corrected chi connectivity index (χ4v) is 3.92. The minimum atomic E-state index is 0.0327. The number of aryl methyl sites for hydroxylation is 1. The number of benzene rings is 2. The highest BCUT2D eigenvalue weighted by molar-refractivity contribution is 8.13. The second-order valence-electron chi connectivity index (χ2n) is 5.56. The standard InChI is InChI=1S/C18H14ClN3OS/c1-11(23)24-17-16(12-7-9-13(19)10-8-12)20-22-15-6-4-3-5-14(15)21(2)18(17)22/h3-10H,1-2H3. The van der Waals surface area contributed by atoms with E-state index in [9.17, 15) is 4.79 Å². The molecule has 2 heterocycles. The molecule has 2 aromatic carbocycles. The van der Waals surface area contributed by atoms with Gasteiger partial charge in [0.2, 0.25) is 0 Å². The van der Waals surface area contributed by atoms with Crippen molar-refractivity contribution in [3.05, 3.63) is 53.6 Å². The normalized spacial score (nSPS) is 11.5. The molecule has 0 aliphatic heterocycles. The van der Waals surface area contributed by atoms with Crippen LogP contribution in [0, 0.1) is 0 Å². The lowest BCUT2D eigenvalue weighted by molar-refractivity contribution is -0.109. The molecule has 0 aliphatic rings. The maximum absolute atomic E-state index is 11.8. The molecular weight excluding hydrogens is 342 g/mol. The zero-order chi connectivity index (χ0) is 16.8. The van der Waals surface area contributed by atoms with Crippen molar-refractivity contribution >= 4 is 45.2 Å². The fourth-order valence-electron chi connectivity index (χ4n) is 2.93. The summed E-state index contributed by atoms with van der Waals surface area (Å²) in [7, 11) is 2.00. The Morgan fingerprint density at radius 3 is 2.42 bits per heavy atom. The van der Waals surface area contributed by atoms with E-state index in [1.807, 2.05) is 60.1 Å². The summed E-state index contributed by atoms with van der Waals surface area (Å²) in [6.45, 7) is 1.57. The van der Waals surface area contributed by atoms with E-state index in [0.717, 1.165) is 32.8 Å². The molecule has 6 heteroatoms. The molecule has 4 rings (SSSR count). The van der Waals surface area contributed by atoms with E-state index in [4.69, 9.17) is 16.7 Å². The highest BCUT2D eigenvalue weighted by Crippen LogP contribution is 2.37. The number of fused-ring (bicyclic) bond motifs is 3. The summed E-state index contributed by atoms with van der Waals surface area (Å²) in [6, 6.07) is 15.6. The van der Waals surface area contributed by atoms with Gasteiger partial charge in [0.25, 0.3) is 0 Å². The van der Waals surface area contributed by atoms with Crippen LogP contribution < -0.4 is 0 Å². The van der Waals surface area contributed by atoms with Gasteiger partial charge in [0.1, 0.15) is 5.69 Å². The van der Waals surface area contributed by atoms with Gasteiger partial charge in [-0.25, -0.2) is 4.52 Å². The molecule has 4 aromatic rings.